The Balaban J connectivity index is 2.00. The van der Waals surface area contributed by atoms with Gasteiger partial charge in [-0.05, 0) is 29.8 Å². The number of thiophene rings is 1. The Hall–Kier alpha value is -0.650. The molecule has 1 aliphatic heterocycles. The lowest BCUT2D eigenvalue weighted by Gasteiger charge is -2.34. The molecule has 0 unspecified atom stereocenters. The smallest absolute Gasteiger partial charge is 0.141 e. The van der Waals surface area contributed by atoms with Crippen molar-refractivity contribution in [2.45, 2.75) is 6.04 Å². The fourth-order valence-corrected chi connectivity index (χ4v) is 4.07. The molecule has 2 aromatic rings. The second-order valence-corrected chi connectivity index (χ2v) is 7.16. The molecular weight excluding hydrogens is 330 g/mol. The van der Waals surface area contributed by atoms with Crippen molar-refractivity contribution in [3.63, 3.8) is 0 Å². The Labute approximate surface area is 137 Å². The average molecular weight is 345 g/mol. The molecule has 0 bridgehead atoms. The number of halogens is 3. The third-order valence-electron chi connectivity index (χ3n) is 3.64. The van der Waals surface area contributed by atoms with Crippen molar-refractivity contribution >= 4 is 34.5 Å². The van der Waals surface area contributed by atoms with Crippen LogP contribution in [0.25, 0.3) is 0 Å². The zero-order valence-electron chi connectivity index (χ0n) is 11.3. The molecule has 2 nitrogen and oxygen atoms in total. The number of hydrogen-bond donors (Lipinski definition) is 1. The van der Waals surface area contributed by atoms with Gasteiger partial charge >= 0.3 is 0 Å². The molecule has 1 saturated heterocycles. The summed E-state index contributed by atoms with van der Waals surface area (Å²) in [6.45, 7) is 3.78. The van der Waals surface area contributed by atoms with Crippen molar-refractivity contribution in [3.8, 4) is 0 Å². The highest BCUT2D eigenvalue weighted by Crippen LogP contribution is 2.36. The van der Waals surface area contributed by atoms with Crippen molar-refractivity contribution in [1.82, 2.24) is 10.2 Å². The summed E-state index contributed by atoms with van der Waals surface area (Å²) in [7, 11) is 0. The minimum absolute atomic E-state index is 0.0719. The minimum Gasteiger partial charge on any atom is -0.314 e. The standard InChI is InChI=1S/C15H15Cl2FN2S/c16-11-9-10(1-2-12(11)18)15(13-3-4-14(17)21-13)20-7-5-19-6-8-20/h1-4,9,15,19H,5-8H2/t15-/m0/s1. The van der Waals surface area contributed by atoms with Gasteiger partial charge in [-0.15, -0.1) is 11.3 Å². The van der Waals surface area contributed by atoms with Crippen molar-refractivity contribution in [1.29, 1.82) is 0 Å². The molecule has 1 fully saturated rings. The molecule has 1 N–H and O–H groups in total. The lowest BCUT2D eigenvalue weighted by Crippen LogP contribution is -2.45. The molecule has 0 saturated carbocycles. The van der Waals surface area contributed by atoms with E-state index in [0.717, 1.165) is 41.0 Å². The maximum absolute atomic E-state index is 13.4. The second-order valence-electron chi connectivity index (χ2n) is 5.00. The van der Waals surface area contributed by atoms with E-state index in [0.29, 0.717) is 0 Å². The van der Waals surface area contributed by atoms with Gasteiger partial charge in [-0.2, -0.15) is 0 Å². The first-order valence-corrected chi connectivity index (χ1v) is 8.37. The summed E-state index contributed by atoms with van der Waals surface area (Å²) in [5, 5.41) is 3.51. The zero-order valence-corrected chi connectivity index (χ0v) is 13.6. The van der Waals surface area contributed by atoms with E-state index in [-0.39, 0.29) is 16.9 Å². The number of nitrogens with one attached hydrogen (secondary N) is 1. The van der Waals surface area contributed by atoms with Crippen LogP contribution in [0.1, 0.15) is 16.5 Å². The molecule has 0 amide bonds. The molecule has 1 atom stereocenters. The monoisotopic (exact) mass is 344 g/mol. The van der Waals surface area contributed by atoms with Crippen molar-refractivity contribution in [2.75, 3.05) is 26.2 Å². The van der Waals surface area contributed by atoms with Gasteiger partial charge in [0, 0.05) is 31.1 Å². The van der Waals surface area contributed by atoms with Crippen molar-refractivity contribution in [3.05, 3.63) is 55.9 Å². The van der Waals surface area contributed by atoms with Crippen LogP contribution in [0.5, 0.6) is 0 Å². The van der Waals surface area contributed by atoms with Gasteiger partial charge in [-0.1, -0.05) is 29.3 Å². The van der Waals surface area contributed by atoms with Gasteiger partial charge in [0.05, 0.1) is 15.4 Å². The van der Waals surface area contributed by atoms with E-state index in [1.807, 2.05) is 18.2 Å². The average Bonchev–Trinajstić information content (AvgIpc) is 2.90. The van der Waals surface area contributed by atoms with E-state index in [9.17, 15) is 4.39 Å². The van der Waals surface area contributed by atoms with Crippen LogP contribution in [0.2, 0.25) is 9.36 Å². The van der Waals surface area contributed by atoms with Crippen LogP contribution in [0.3, 0.4) is 0 Å². The van der Waals surface area contributed by atoms with E-state index >= 15 is 0 Å². The lowest BCUT2D eigenvalue weighted by molar-refractivity contribution is 0.200. The van der Waals surface area contributed by atoms with Crippen LogP contribution in [0.4, 0.5) is 4.39 Å². The predicted octanol–water partition coefficient (Wildman–Crippen LogP) is 4.19. The Bertz CT molecular complexity index is 626. The highest BCUT2D eigenvalue weighted by Gasteiger charge is 2.25. The van der Waals surface area contributed by atoms with Crippen LogP contribution in [0.15, 0.2) is 30.3 Å². The molecular formula is C15H15Cl2FN2S. The van der Waals surface area contributed by atoms with Crippen LogP contribution in [-0.2, 0) is 0 Å². The summed E-state index contributed by atoms with van der Waals surface area (Å²) in [4.78, 5) is 3.53. The lowest BCUT2D eigenvalue weighted by atomic mass is 10.0. The highest BCUT2D eigenvalue weighted by atomic mass is 35.5. The molecule has 1 aromatic heterocycles. The summed E-state index contributed by atoms with van der Waals surface area (Å²) in [6, 6.07) is 8.97. The van der Waals surface area contributed by atoms with Crippen LogP contribution in [-0.4, -0.2) is 31.1 Å². The van der Waals surface area contributed by atoms with Gasteiger partial charge in [0.25, 0.3) is 0 Å². The molecule has 3 rings (SSSR count). The SMILES string of the molecule is Fc1ccc([C@@H](c2ccc(Cl)s2)N2CCNCC2)cc1Cl. The minimum atomic E-state index is -0.385. The van der Waals surface area contributed by atoms with E-state index in [2.05, 4.69) is 10.2 Å². The van der Waals surface area contributed by atoms with E-state index in [4.69, 9.17) is 23.2 Å². The molecule has 21 heavy (non-hydrogen) atoms. The van der Waals surface area contributed by atoms with Crippen molar-refractivity contribution in [2.24, 2.45) is 0 Å². The van der Waals surface area contributed by atoms with Crippen LogP contribution < -0.4 is 5.32 Å². The zero-order chi connectivity index (χ0) is 14.8. The normalized spacial score (nSPS) is 17.9. The van der Waals surface area contributed by atoms with Gasteiger partial charge in [0.1, 0.15) is 5.82 Å². The molecule has 6 heteroatoms. The van der Waals surface area contributed by atoms with Crippen molar-refractivity contribution < 1.29 is 4.39 Å². The number of piperazine rings is 1. The Kier molecular flexibility index (Phi) is 4.82. The molecule has 1 aromatic carbocycles. The largest absolute Gasteiger partial charge is 0.314 e. The third kappa shape index (κ3) is 3.41. The fourth-order valence-electron chi connectivity index (χ4n) is 2.65. The Morgan fingerprint density at radius 3 is 2.52 bits per heavy atom. The molecule has 112 valence electrons. The molecule has 0 aliphatic carbocycles. The van der Waals surface area contributed by atoms with Crippen LogP contribution in [0, 0.1) is 5.82 Å². The van der Waals surface area contributed by atoms with Gasteiger partial charge in [0.15, 0.2) is 0 Å². The van der Waals surface area contributed by atoms with Gasteiger partial charge in [-0.25, -0.2) is 4.39 Å². The number of rotatable bonds is 3. The quantitative estimate of drug-likeness (QED) is 0.897. The van der Waals surface area contributed by atoms with Gasteiger partial charge in [-0.3, -0.25) is 4.90 Å². The summed E-state index contributed by atoms with van der Waals surface area (Å²) in [5.74, 6) is -0.385. The maximum atomic E-state index is 13.4. The number of benzene rings is 1. The molecule has 0 spiro atoms. The number of hydrogen-bond acceptors (Lipinski definition) is 3. The highest BCUT2D eigenvalue weighted by molar-refractivity contribution is 7.16. The van der Waals surface area contributed by atoms with Crippen LogP contribution >= 0.6 is 34.5 Å². The fraction of sp³-hybridized carbons (Fsp3) is 0.333. The molecule has 2 heterocycles. The summed E-state index contributed by atoms with van der Waals surface area (Å²) in [6.07, 6.45) is 0. The predicted molar refractivity (Wildman–Crippen MR) is 87.0 cm³/mol. The van der Waals surface area contributed by atoms with E-state index in [1.54, 1.807) is 17.4 Å². The third-order valence-corrected chi connectivity index (χ3v) is 5.21. The first kappa shape index (κ1) is 15.3. The molecule has 0 radical (unpaired) electrons. The first-order chi connectivity index (χ1) is 10.1. The van der Waals surface area contributed by atoms with E-state index in [1.165, 1.54) is 6.07 Å². The summed E-state index contributed by atoms with van der Waals surface area (Å²) >= 11 is 13.6. The Morgan fingerprint density at radius 2 is 1.90 bits per heavy atom. The number of nitrogens with zero attached hydrogens (tertiary/aromatic N) is 1. The second kappa shape index (κ2) is 6.63. The molecule has 1 aliphatic rings. The van der Waals surface area contributed by atoms with Gasteiger partial charge in [0.2, 0.25) is 0 Å². The van der Waals surface area contributed by atoms with E-state index < -0.39 is 0 Å². The first-order valence-electron chi connectivity index (χ1n) is 6.80. The summed E-state index contributed by atoms with van der Waals surface area (Å²) in [5.41, 5.74) is 1.00. The summed E-state index contributed by atoms with van der Waals surface area (Å²) < 4.78 is 14.2. The topological polar surface area (TPSA) is 15.3 Å². The van der Waals surface area contributed by atoms with Gasteiger partial charge < -0.3 is 5.32 Å². The Morgan fingerprint density at radius 1 is 1.14 bits per heavy atom. The maximum Gasteiger partial charge on any atom is 0.141 e.